The van der Waals surface area contributed by atoms with Crippen molar-refractivity contribution in [2.24, 2.45) is 5.92 Å². The number of nitrogens with one attached hydrogen (secondary N) is 1. The van der Waals surface area contributed by atoms with Gasteiger partial charge in [0.2, 0.25) is 0 Å². The molecule has 0 saturated heterocycles. The molecule has 0 saturated carbocycles. The Bertz CT molecular complexity index is 735. The molecule has 0 aliphatic heterocycles. The van der Waals surface area contributed by atoms with Gasteiger partial charge in [-0.3, -0.25) is 0 Å². The predicted molar refractivity (Wildman–Crippen MR) is 114 cm³/mol. The van der Waals surface area contributed by atoms with Gasteiger partial charge < -0.3 is 19.9 Å². The van der Waals surface area contributed by atoms with Crippen LogP contribution in [-0.2, 0) is 9.47 Å². The Morgan fingerprint density at radius 2 is 2.15 bits per heavy atom. The van der Waals surface area contributed by atoms with Crippen LogP contribution < -0.4 is 5.32 Å². The molecule has 2 aromatic rings. The Morgan fingerprint density at radius 3 is 2.89 bits per heavy atom. The van der Waals surface area contributed by atoms with Crippen LogP contribution in [0.5, 0.6) is 0 Å². The van der Waals surface area contributed by atoms with Crippen molar-refractivity contribution in [2.75, 3.05) is 32.8 Å². The zero-order valence-electron chi connectivity index (χ0n) is 16.2. The summed E-state index contributed by atoms with van der Waals surface area (Å²) in [7, 11) is 3.42. The van der Waals surface area contributed by atoms with E-state index in [1.807, 2.05) is 18.2 Å². The van der Waals surface area contributed by atoms with Crippen LogP contribution in [0.3, 0.4) is 0 Å². The van der Waals surface area contributed by atoms with E-state index in [-0.39, 0.29) is 0 Å². The van der Waals surface area contributed by atoms with Crippen LogP contribution in [0.15, 0.2) is 29.8 Å². The third-order valence-electron chi connectivity index (χ3n) is 4.48. The molecule has 0 aliphatic carbocycles. The fourth-order valence-corrected chi connectivity index (χ4v) is 4.13. The number of aliphatic hydroxyl groups excluding tert-OH is 1. The summed E-state index contributed by atoms with van der Waals surface area (Å²) in [6.07, 6.45) is 4.98. The number of aromatic nitrogens is 1. The van der Waals surface area contributed by atoms with Crippen molar-refractivity contribution in [2.45, 2.75) is 38.8 Å². The molecule has 2 N–H and O–H groups in total. The van der Waals surface area contributed by atoms with Gasteiger partial charge in [-0.05, 0) is 49.8 Å². The monoisotopic (exact) mass is 412 g/mol. The van der Waals surface area contributed by atoms with E-state index in [9.17, 15) is 5.11 Å². The highest BCUT2D eigenvalue weighted by Crippen LogP contribution is 2.29. The van der Waals surface area contributed by atoms with Crippen molar-refractivity contribution in [1.82, 2.24) is 4.98 Å². The topological polar surface area (TPSA) is 63.6 Å². The van der Waals surface area contributed by atoms with E-state index in [1.54, 1.807) is 14.2 Å². The number of fused-ring (bicyclic) bond motifs is 1. The van der Waals surface area contributed by atoms with Crippen molar-refractivity contribution < 1.29 is 14.6 Å². The molecular formula is C20H29ClN2O3S. The molecule has 1 heterocycles. The molecule has 0 spiro atoms. The maximum absolute atomic E-state index is 10.4. The van der Waals surface area contributed by atoms with Gasteiger partial charge in [-0.25, -0.2) is 4.98 Å². The normalized spacial score (nSPS) is 14.5. The Morgan fingerprint density at radius 1 is 1.33 bits per heavy atom. The molecule has 27 heavy (non-hydrogen) atoms. The van der Waals surface area contributed by atoms with E-state index in [2.05, 4.69) is 23.3 Å². The van der Waals surface area contributed by atoms with E-state index in [0.717, 1.165) is 36.1 Å². The van der Waals surface area contributed by atoms with Gasteiger partial charge in [-0.15, -0.1) is 0 Å². The fourth-order valence-electron chi connectivity index (χ4n) is 2.94. The third-order valence-corrected chi connectivity index (χ3v) is 5.66. The first kappa shape index (κ1) is 22.1. The number of allylic oxidation sites excluding steroid dienone is 1. The molecule has 7 heteroatoms. The number of rotatable bonds is 12. The minimum Gasteiger partial charge on any atom is -0.385 e. The number of ether oxygens (including phenoxy) is 2. The van der Waals surface area contributed by atoms with Gasteiger partial charge in [0.1, 0.15) is 6.23 Å². The summed E-state index contributed by atoms with van der Waals surface area (Å²) in [4.78, 5) is 4.50. The molecule has 0 amide bonds. The zero-order chi connectivity index (χ0) is 19.6. The Kier molecular flexibility index (Phi) is 9.51. The van der Waals surface area contributed by atoms with Crippen LogP contribution in [0.2, 0.25) is 5.02 Å². The van der Waals surface area contributed by atoms with Crippen molar-refractivity contribution in [3.05, 3.63) is 34.9 Å². The van der Waals surface area contributed by atoms with E-state index >= 15 is 0 Å². The minimum atomic E-state index is -0.654. The van der Waals surface area contributed by atoms with Crippen LogP contribution in [0.4, 0.5) is 5.13 Å². The van der Waals surface area contributed by atoms with Gasteiger partial charge in [0.05, 0.1) is 16.8 Å². The number of hydrogen-bond acceptors (Lipinski definition) is 6. The maximum atomic E-state index is 10.4. The number of hydrogen-bond donors (Lipinski definition) is 2. The van der Waals surface area contributed by atoms with Crippen LogP contribution in [0, 0.1) is 5.92 Å². The lowest BCUT2D eigenvalue weighted by Gasteiger charge is -2.18. The molecule has 0 aliphatic rings. The summed E-state index contributed by atoms with van der Waals surface area (Å²) >= 11 is 7.51. The largest absolute Gasteiger partial charge is 0.385 e. The van der Waals surface area contributed by atoms with Crippen molar-refractivity contribution >= 4 is 38.3 Å². The number of anilines is 1. The average molecular weight is 413 g/mol. The summed E-state index contributed by atoms with van der Waals surface area (Å²) in [6, 6.07) is 5.60. The third kappa shape index (κ3) is 7.39. The summed E-state index contributed by atoms with van der Waals surface area (Å²) in [5.74, 6) is 0.437. The van der Waals surface area contributed by atoms with Crippen LogP contribution in [0.1, 0.15) is 32.6 Å². The van der Waals surface area contributed by atoms with Gasteiger partial charge in [0.25, 0.3) is 0 Å². The SMILES string of the molecule is COC/C=C(/CCC(O)Nc1nc2ccc(Cl)cc2s1)[C@H](C)CCCOC. The smallest absolute Gasteiger partial charge is 0.185 e. The average Bonchev–Trinajstić information content (AvgIpc) is 3.03. The molecule has 0 radical (unpaired) electrons. The van der Waals surface area contributed by atoms with Gasteiger partial charge in [-0.1, -0.05) is 41.5 Å². The Balaban J connectivity index is 1.90. The minimum absolute atomic E-state index is 0.437. The Hall–Kier alpha value is -1.18. The van der Waals surface area contributed by atoms with Crippen LogP contribution in [-0.4, -0.2) is 43.8 Å². The summed E-state index contributed by atoms with van der Waals surface area (Å²) in [6.45, 7) is 3.58. The highest BCUT2D eigenvalue weighted by Gasteiger charge is 2.13. The summed E-state index contributed by atoms with van der Waals surface area (Å²) in [5.41, 5.74) is 2.19. The van der Waals surface area contributed by atoms with Gasteiger partial charge in [0, 0.05) is 25.8 Å². The first-order valence-electron chi connectivity index (χ1n) is 9.21. The summed E-state index contributed by atoms with van der Waals surface area (Å²) < 4.78 is 11.3. The molecule has 150 valence electrons. The zero-order valence-corrected chi connectivity index (χ0v) is 17.8. The van der Waals surface area contributed by atoms with E-state index in [0.29, 0.717) is 29.1 Å². The van der Waals surface area contributed by atoms with E-state index < -0.39 is 6.23 Å². The molecule has 1 aromatic carbocycles. The van der Waals surface area contributed by atoms with Crippen LogP contribution in [0.25, 0.3) is 10.2 Å². The highest BCUT2D eigenvalue weighted by molar-refractivity contribution is 7.22. The number of halogens is 1. The first-order chi connectivity index (χ1) is 13.0. The molecule has 2 rings (SSSR count). The fraction of sp³-hybridized carbons (Fsp3) is 0.550. The number of benzene rings is 1. The molecule has 1 unspecified atom stereocenters. The van der Waals surface area contributed by atoms with E-state index in [4.69, 9.17) is 21.1 Å². The van der Waals surface area contributed by atoms with E-state index in [1.165, 1.54) is 16.9 Å². The Labute approximate surface area is 170 Å². The molecule has 5 nitrogen and oxygen atoms in total. The second-order valence-electron chi connectivity index (χ2n) is 6.60. The quantitative estimate of drug-likeness (QED) is 0.288. The van der Waals surface area contributed by atoms with Gasteiger partial charge >= 0.3 is 0 Å². The lowest BCUT2D eigenvalue weighted by molar-refractivity contribution is 0.185. The van der Waals surface area contributed by atoms with Crippen molar-refractivity contribution in [3.63, 3.8) is 0 Å². The predicted octanol–water partition coefficient (Wildman–Crippen LogP) is 5.10. The lowest BCUT2D eigenvalue weighted by Crippen LogP contribution is -2.19. The number of methoxy groups -OCH3 is 2. The van der Waals surface area contributed by atoms with Crippen molar-refractivity contribution in [1.29, 1.82) is 0 Å². The molecule has 0 bridgehead atoms. The number of aliphatic hydroxyl groups is 1. The molecule has 1 aromatic heterocycles. The van der Waals surface area contributed by atoms with Gasteiger partial charge in [-0.2, -0.15) is 0 Å². The lowest BCUT2D eigenvalue weighted by atomic mass is 9.92. The number of thiazole rings is 1. The summed E-state index contributed by atoms with van der Waals surface area (Å²) in [5, 5.41) is 14.9. The van der Waals surface area contributed by atoms with Crippen molar-refractivity contribution in [3.8, 4) is 0 Å². The number of nitrogens with zero attached hydrogens (tertiary/aromatic N) is 1. The second-order valence-corrected chi connectivity index (χ2v) is 8.07. The molecule has 2 atom stereocenters. The maximum Gasteiger partial charge on any atom is 0.185 e. The molecular weight excluding hydrogens is 384 g/mol. The second kappa shape index (κ2) is 11.6. The van der Waals surface area contributed by atoms with Crippen LogP contribution >= 0.6 is 22.9 Å². The standard InChI is InChI=1S/C20H29ClN2O3S/c1-14(5-4-11-25-2)15(10-12-26-3)6-9-19(24)23-20-22-17-8-7-16(21)13-18(17)27-20/h7-8,10,13-14,19,24H,4-6,9,11-12H2,1-3H3,(H,22,23)/b15-10-/t14-,19?/m1/s1. The first-order valence-corrected chi connectivity index (χ1v) is 10.4. The molecule has 0 fully saturated rings. The highest BCUT2D eigenvalue weighted by atomic mass is 35.5. The van der Waals surface area contributed by atoms with Gasteiger partial charge in [0.15, 0.2) is 5.13 Å².